The van der Waals surface area contributed by atoms with Crippen molar-refractivity contribution in [3.8, 4) is 0 Å². The Labute approximate surface area is 93.8 Å². The lowest BCUT2D eigenvalue weighted by atomic mass is 10.0. The van der Waals surface area contributed by atoms with Crippen LogP contribution in [0.2, 0.25) is 0 Å². The van der Waals surface area contributed by atoms with Crippen LogP contribution in [0.15, 0.2) is 12.4 Å². The molecule has 1 aromatic heterocycles. The molecule has 1 aromatic rings. The Morgan fingerprint density at radius 1 is 1.69 bits per heavy atom. The van der Waals surface area contributed by atoms with E-state index in [9.17, 15) is 4.79 Å². The van der Waals surface area contributed by atoms with Crippen LogP contribution in [0.4, 0.5) is 0 Å². The first-order valence-electron chi connectivity index (χ1n) is 5.28. The first-order valence-corrected chi connectivity index (χ1v) is 5.28. The van der Waals surface area contributed by atoms with Gasteiger partial charge in [-0.05, 0) is 6.92 Å². The summed E-state index contributed by atoms with van der Waals surface area (Å²) in [5.74, 6) is 0.620. The van der Waals surface area contributed by atoms with Crippen molar-refractivity contribution >= 4 is 5.91 Å². The van der Waals surface area contributed by atoms with E-state index < -0.39 is 0 Å². The Bertz CT molecular complexity index is 346. The highest BCUT2D eigenvalue weighted by molar-refractivity contribution is 5.77. The normalized spacial score (nSPS) is 17.8. The SMILES string of the molecule is CC1(OCC(=O)NCc2ncc[nH]2)CNC1. The maximum absolute atomic E-state index is 11.4. The van der Waals surface area contributed by atoms with E-state index in [1.807, 2.05) is 6.92 Å². The van der Waals surface area contributed by atoms with Gasteiger partial charge in [-0.25, -0.2) is 4.98 Å². The van der Waals surface area contributed by atoms with E-state index in [0.717, 1.165) is 18.9 Å². The molecule has 0 aliphatic carbocycles. The summed E-state index contributed by atoms with van der Waals surface area (Å²) in [6.45, 7) is 4.10. The molecule has 0 aromatic carbocycles. The number of nitrogens with zero attached hydrogens (tertiary/aromatic N) is 1. The third-order valence-corrected chi connectivity index (χ3v) is 2.56. The summed E-state index contributed by atoms with van der Waals surface area (Å²) in [6.07, 6.45) is 3.37. The first kappa shape index (κ1) is 11.1. The highest BCUT2D eigenvalue weighted by Gasteiger charge is 2.32. The van der Waals surface area contributed by atoms with E-state index in [2.05, 4.69) is 20.6 Å². The van der Waals surface area contributed by atoms with Crippen LogP contribution in [0.1, 0.15) is 12.7 Å². The number of rotatable bonds is 5. The van der Waals surface area contributed by atoms with Crippen LogP contribution in [-0.2, 0) is 16.1 Å². The van der Waals surface area contributed by atoms with E-state index >= 15 is 0 Å². The molecule has 0 unspecified atom stereocenters. The number of aromatic nitrogens is 2. The number of hydrogen-bond donors (Lipinski definition) is 3. The maximum atomic E-state index is 11.4. The lowest BCUT2D eigenvalue weighted by Gasteiger charge is -2.38. The molecule has 88 valence electrons. The van der Waals surface area contributed by atoms with Gasteiger partial charge >= 0.3 is 0 Å². The Hall–Kier alpha value is -1.40. The van der Waals surface area contributed by atoms with Gasteiger partial charge in [0.25, 0.3) is 0 Å². The molecule has 16 heavy (non-hydrogen) atoms. The van der Waals surface area contributed by atoms with Gasteiger partial charge in [0.05, 0.1) is 12.1 Å². The largest absolute Gasteiger partial charge is 0.363 e. The summed E-state index contributed by atoms with van der Waals surface area (Å²) in [7, 11) is 0. The van der Waals surface area contributed by atoms with Gasteiger partial charge in [0.2, 0.25) is 5.91 Å². The number of imidazole rings is 1. The van der Waals surface area contributed by atoms with Gasteiger partial charge in [0.1, 0.15) is 12.4 Å². The third-order valence-electron chi connectivity index (χ3n) is 2.56. The molecule has 1 amide bonds. The topological polar surface area (TPSA) is 79.0 Å². The van der Waals surface area contributed by atoms with Crippen LogP contribution >= 0.6 is 0 Å². The fraction of sp³-hybridized carbons (Fsp3) is 0.600. The maximum Gasteiger partial charge on any atom is 0.246 e. The molecule has 0 atom stereocenters. The van der Waals surface area contributed by atoms with Crippen molar-refractivity contribution in [3.63, 3.8) is 0 Å². The Morgan fingerprint density at radius 2 is 2.50 bits per heavy atom. The Kier molecular flexibility index (Phi) is 3.21. The van der Waals surface area contributed by atoms with Crippen molar-refractivity contribution in [1.82, 2.24) is 20.6 Å². The van der Waals surface area contributed by atoms with Crippen LogP contribution < -0.4 is 10.6 Å². The van der Waals surface area contributed by atoms with Crippen molar-refractivity contribution < 1.29 is 9.53 Å². The van der Waals surface area contributed by atoms with Crippen molar-refractivity contribution in [1.29, 1.82) is 0 Å². The van der Waals surface area contributed by atoms with Crippen molar-refractivity contribution in [2.75, 3.05) is 19.7 Å². The second-order valence-electron chi connectivity index (χ2n) is 4.15. The van der Waals surface area contributed by atoms with Gasteiger partial charge in [-0.15, -0.1) is 0 Å². The van der Waals surface area contributed by atoms with E-state index in [-0.39, 0.29) is 18.1 Å². The summed E-state index contributed by atoms with van der Waals surface area (Å²) < 4.78 is 5.49. The Balaban J connectivity index is 1.65. The first-order chi connectivity index (χ1) is 7.68. The minimum absolute atomic E-state index is 0.0961. The average molecular weight is 224 g/mol. The smallest absolute Gasteiger partial charge is 0.246 e. The fourth-order valence-corrected chi connectivity index (χ4v) is 1.45. The molecule has 0 bridgehead atoms. The highest BCUT2D eigenvalue weighted by atomic mass is 16.5. The number of nitrogens with one attached hydrogen (secondary N) is 3. The van der Waals surface area contributed by atoms with Gasteiger partial charge in [-0.2, -0.15) is 0 Å². The molecule has 1 fully saturated rings. The van der Waals surface area contributed by atoms with Gasteiger partial charge in [-0.3, -0.25) is 4.79 Å². The van der Waals surface area contributed by atoms with Gasteiger partial charge in [0, 0.05) is 25.5 Å². The molecule has 0 spiro atoms. The number of aromatic amines is 1. The molecule has 3 N–H and O–H groups in total. The third kappa shape index (κ3) is 2.80. The number of amides is 1. The van der Waals surface area contributed by atoms with Crippen LogP contribution in [0.5, 0.6) is 0 Å². The number of carbonyl (C=O) groups is 1. The number of ether oxygens (including phenoxy) is 1. The lowest BCUT2D eigenvalue weighted by Crippen LogP contribution is -2.59. The molecule has 2 rings (SSSR count). The molecule has 1 saturated heterocycles. The molecular formula is C10H16N4O2. The van der Waals surface area contributed by atoms with E-state index in [0.29, 0.717) is 6.54 Å². The summed E-state index contributed by atoms with van der Waals surface area (Å²) >= 11 is 0. The second-order valence-corrected chi connectivity index (χ2v) is 4.15. The van der Waals surface area contributed by atoms with E-state index in [1.165, 1.54) is 0 Å². The summed E-state index contributed by atoms with van der Waals surface area (Å²) in [6, 6.07) is 0. The number of H-pyrrole nitrogens is 1. The Morgan fingerprint density at radius 3 is 3.06 bits per heavy atom. The fourth-order valence-electron chi connectivity index (χ4n) is 1.45. The molecule has 6 nitrogen and oxygen atoms in total. The van der Waals surface area contributed by atoms with Crippen molar-refractivity contribution in [2.45, 2.75) is 19.1 Å². The quantitative estimate of drug-likeness (QED) is 0.624. The lowest BCUT2D eigenvalue weighted by molar-refractivity contribution is -0.136. The molecule has 0 radical (unpaired) electrons. The van der Waals surface area contributed by atoms with Crippen LogP contribution in [-0.4, -0.2) is 41.2 Å². The minimum Gasteiger partial charge on any atom is -0.363 e. The van der Waals surface area contributed by atoms with Crippen LogP contribution in [0.25, 0.3) is 0 Å². The summed E-state index contributed by atoms with van der Waals surface area (Å²) in [5.41, 5.74) is -0.179. The predicted octanol–water partition coefficient (Wildman–Crippen LogP) is -0.596. The number of hydrogen-bond acceptors (Lipinski definition) is 4. The standard InChI is InChI=1S/C10H16N4O2/c1-10(6-11-7-10)16-5-9(15)14-4-8-12-2-3-13-8/h2-3,11H,4-7H2,1H3,(H,12,13)(H,14,15). The van der Waals surface area contributed by atoms with Gasteiger partial charge in [-0.1, -0.05) is 0 Å². The van der Waals surface area contributed by atoms with Crippen LogP contribution in [0.3, 0.4) is 0 Å². The average Bonchev–Trinajstić information content (AvgIpc) is 2.73. The number of carbonyl (C=O) groups excluding carboxylic acids is 1. The molecule has 6 heteroatoms. The molecular weight excluding hydrogens is 208 g/mol. The van der Waals surface area contributed by atoms with E-state index in [1.54, 1.807) is 12.4 Å². The summed E-state index contributed by atoms with van der Waals surface area (Å²) in [5, 5.41) is 5.84. The van der Waals surface area contributed by atoms with Crippen LogP contribution in [0, 0.1) is 0 Å². The van der Waals surface area contributed by atoms with Gasteiger partial charge in [0.15, 0.2) is 0 Å². The zero-order chi connectivity index (χ0) is 11.4. The molecule has 0 saturated carbocycles. The van der Waals surface area contributed by atoms with Gasteiger partial charge < -0.3 is 20.4 Å². The van der Waals surface area contributed by atoms with Crippen molar-refractivity contribution in [2.24, 2.45) is 0 Å². The van der Waals surface area contributed by atoms with E-state index in [4.69, 9.17) is 4.74 Å². The molecule has 1 aliphatic rings. The zero-order valence-electron chi connectivity index (χ0n) is 9.25. The summed E-state index contributed by atoms with van der Waals surface area (Å²) in [4.78, 5) is 18.3. The second kappa shape index (κ2) is 4.63. The molecule has 2 heterocycles. The monoisotopic (exact) mass is 224 g/mol. The predicted molar refractivity (Wildman–Crippen MR) is 57.7 cm³/mol. The zero-order valence-corrected chi connectivity index (χ0v) is 9.25. The van der Waals surface area contributed by atoms with Crippen molar-refractivity contribution in [3.05, 3.63) is 18.2 Å². The highest BCUT2D eigenvalue weighted by Crippen LogP contribution is 2.14. The molecule has 1 aliphatic heterocycles. The minimum atomic E-state index is -0.179.